The van der Waals surface area contributed by atoms with Crippen molar-refractivity contribution in [2.75, 3.05) is 49.7 Å². The van der Waals surface area contributed by atoms with E-state index in [4.69, 9.17) is 9.47 Å². The lowest BCUT2D eigenvalue weighted by Crippen LogP contribution is -2.36. The van der Waals surface area contributed by atoms with Crippen LogP contribution in [0.4, 0.5) is 17.3 Å². The van der Waals surface area contributed by atoms with Crippen LogP contribution in [0.5, 0.6) is 5.75 Å². The normalized spacial score (nSPS) is 14.0. The van der Waals surface area contributed by atoms with E-state index in [0.29, 0.717) is 13.2 Å². The summed E-state index contributed by atoms with van der Waals surface area (Å²) < 4.78 is 10.9. The highest BCUT2D eigenvalue weighted by molar-refractivity contribution is 5.72. The summed E-state index contributed by atoms with van der Waals surface area (Å²) in [5.74, 6) is 2.32. The van der Waals surface area contributed by atoms with E-state index in [9.17, 15) is 4.79 Å². The Morgan fingerprint density at radius 1 is 1.23 bits per heavy atom. The van der Waals surface area contributed by atoms with Crippen LogP contribution in [-0.4, -0.2) is 55.3 Å². The lowest BCUT2D eigenvalue weighted by Gasteiger charge is -2.27. The highest BCUT2D eigenvalue weighted by Gasteiger charge is 2.13. The lowest BCUT2D eigenvalue weighted by molar-refractivity contribution is -0.119. The summed E-state index contributed by atoms with van der Waals surface area (Å²) in [6.07, 6.45) is 1.56. The molecule has 2 aromatic rings. The molecule has 1 aliphatic rings. The van der Waals surface area contributed by atoms with Crippen LogP contribution in [0.2, 0.25) is 0 Å². The second-order valence-electron chi connectivity index (χ2n) is 5.84. The van der Waals surface area contributed by atoms with Crippen molar-refractivity contribution >= 4 is 23.2 Å². The van der Waals surface area contributed by atoms with E-state index >= 15 is 0 Å². The molecule has 8 heteroatoms. The molecule has 3 rings (SSSR count). The van der Waals surface area contributed by atoms with Crippen molar-refractivity contribution in [2.24, 2.45) is 0 Å². The number of anilines is 3. The van der Waals surface area contributed by atoms with Crippen molar-refractivity contribution in [2.45, 2.75) is 6.92 Å². The van der Waals surface area contributed by atoms with E-state index in [-0.39, 0.29) is 5.91 Å². The Kier molecular flexibility index (Phi) is 6.21. The lowest BCUT2D eigenvalue weighted by atomic mass is 10.3. The molecular formula is C18H23N5O3. The molecule has 0 spiro atoms. The molecular weight excluding hydrogens is 334 g/mol. The van der Waals surface area contributed by atoms with Gasteiger partial charge in [-0.25, -0.2) is 9.97 Å². The van der Waals surface area contributed by atoms with Crippen LogP contribution in [0.25, 0.3) is 0 Å². The number of nitrogens with zero attached hydrogens (tertiary/aromatic N) is 3. The molecule has 138 valence electrons. The molecule has 2 N–H and O–H groups in total. The van der Waals surface area contributed by atoms with Crippen molar-refractivity contribution in [3.63, 3.8) is 0 Å². The van der Waals surface area contributed by atoms with Gasteiger partial charge in [-0.15, -0.1) is 0 Å². The minimum absolute atomic E-state index is 0.0607. The monoisotopic (exact) mass is 357 g/mol. The summed E-state index contributed by atoms with van der Waals surface area (Å²) in [5, 5.41) is 5.96. The molecule has 0 atom stereocenters. The number of benzene rings is 1. The van der Waals surface area contributed by atoms with Crippen LogP contribution in [0, 0.1) is 0 Å². The van der Waals surface area contributed by atoms with Crippen molar-refractivity contribution in [3.05, 3.63) is 36.7 Å². The number of nitrogens with one attached hydrogen (secondary N) is 2. The Morgan fingerprint density at radius 2 is 2.00 bits per heavy atom. The van der Waals surface area contributed by atoms with Gasteiger partial charge in [0.15, 0.2) is 0 Å². The molecule has 1 amide bonds. The number of aromatic nitrogens is 2. The summed E-state index contributed by atoms with van der Waals surface area (Å²) in [7, 11) is 0. The van der Waals surface area contributed by atoms with Gasteiger partial charge in [0.05, 0.1) is 19.8 Å². The fourth-order valence-corrected chi connectivity index (χ4v) is 2.56. The molecule has 1 fully saturated rings. The topological polar surface area (TPSA) is 88.6 Å². The molecule has 26 heavy (non-hydrogen) atoms. The van der Waals surface area contributed by atoms with E-state index in [1.807, 2.05) is 30.3 Å². The number of morpholine rings is 1. The Bertz CT molecular complexity index is 717. The molecule has 1 aromatic heterocycles. The third-order valence-electron chi connectivity index (χ3n) is 3.86. The van der Waals surface area contributed by atoms with Gasteiger partial charge in [0.2, 0.25) is 5.91 Å². The second kappa shape index (κ2) is 9.00. The number of ether oxygens (including phenoxy) is 2. The summed E-state index contributed by atoms with van der Waals surface area (Å²) in [6, 6.07) is 9.53. The fourth-order valence-electron chi connectivity index (χ4n) is 2.56. The first kappa shape index (κ1) is 17.9. The van der Waals surface area contributed by atoms with Crippen molar-refractivity contribution in [1.82, 2.24) is 15.3 Å². The van der Waals surface area contributed by atoms with Gasteiger partial charge in [0.1, 0.15) is 30.3 Å². The van der Waals surface area contributed by atoms with E-state index < -0.39 is 0 Å². The maximum atomic E-state index is 10.8. The number of hydrogen-bond donors (Lipinski definition) is 2. The number of carbonyl (C=O) groups excluding carboxylic acids is 1. The molecule has 1 aromatic carbocycles. The van der Waals surface area contributed by atoms with Crippen LogP contribution in [-0.2, 0) is 9.53 Å². The quantitative estimate of drug-likeness (QED) is 0.727. The number of hydrogen-bond acceptors (Lipinski definition) is 7. The fraction of sp³-hybridized carbons (Fsp3) is 0.389. The smallest absolute Gasteiger partial charge is 0.216 e. The molecule has 8 nitrogen and oxygen atoms in total. The van der Waals surface area contributed by atoms with Gasteiger partial charge < -0.3 is 25.0 Å². The molecule has 0 aliphatic carbocycles. The van der Waals surface area contributed by atoms with Crippen molar-refractivity contribution in [3.8, 4) is 5.75 Å². The first-order chi connectivity index (χ1) is 12.7. The van der Waals surface area contributed by atoms with Crippen LogP contribution in [0.15, 0.2) is 36.7 Å². The Morgan fingerprint density at radius 3 is 2.73 bits per heavy atom. The molecule has 0 radical (unpaired) electrons. The third kappa shape index (κ3) is 5.32. The molecule has 0 saturated carbocycles. The first-order valence-electron chi connectivity index (χ1n) is 8.60. The second-order valence-corrected chi connectivity index (χ2v) is 5.84. The van der Waals surface area contributed by atoms with E-state index in [0.717, 1.165) is 49.4 Å². The Balaban J connectivity index is 1.54. The maximum Gasteiger partial charge on any atom is 0.216 e. The van der Waals surface area contributed by atoms with Gasteiger partial charge in [0, 0.05) is 31.8 Å². The molecule has 2 heterocycles. The Hall–Kier alpha value is -2.87. The Labute approximate surface area is 152 Å². The predicted octanol–water partition coefficient (Wildman–Crippen LogP) is 1.57. The minimum atomic E-state index is -0.0607. The number of amides is 1. The summed E-state index contributed by atoms with van der Waals surface area (Å²) in [4.78, 5) is 21.6. The maximum absolute atomic E-state index is 10.8. The van der Waals surface area contributed by atoms with E-state index in [2.05, 4.69) is 25.5 Å². The number of rotatable bonds is 7. The average Bonchev–Trinajstić information content (AvgIpc) is 2.67. The zero-order valence-electron chi connectivity index (χ0n) is 14.8. The van der Waals surface area contributed by atoms with Gasteiger partial charge in [-0.1, -0.05) is 0 Å². The highest BCUT2D eigenvalue weighted by Crippen LogP contribution is 2.21. The van der Waals surface area contributed by atoms with Gasteiger partial charge in [-0.05, 0) is 24.3 Å². The molecule has 1 saturated heterocycles. The molecule has 0 bridgehead atoms. The van der Waals surface area contributed by atoms with Crippen LogP contribution in [0.3, 0.4) is 0 Å². The first-order valence-corrected chi connectivity index (χ1v) is 8.60. The average molecular weight is 357 g/mol. The zero-order valence-corrected chi connectivity index (χ0v) is 14.8. The van der Waals surface area contributed by atoms with Gasteiger partial charge in [-0.2, -0.15) is 0 Å². The van der Waals surface area contributed by atoms with Crippen molar-refractivity contribution < 1.29 is 14.3 Å². The zero-order chi connectivity index (χ0) is 18.2. The third-order valence-corrected chi connectivity index (χ3v) is 3.86. The SMILES string of the molecule is CC(=O)NCCOc1ccc(Nc2cc(N3CCOCC3)ncn2)cc1. The van der Waals surface area contributed by atoms with Gasteiger partial charge in [-0.3, -0.25) is 4.79 Å². The van der Waals surface area contributed by atoms with Crippen molar-refractivity contribution in [1.29, 1.82) is 0 Å². The predicted molar refractivity (Wildman–Crippen MR) is 99.0 cm³/mol. The largest absolute Gasteiger partial charge is 0.492 e. The van der Waals surface area contributed by atoms with E-state index in [1.54, 1.807) is 6.33 Å². The van der Waals surface area contributed by atoms with Gasteiger partial charge >= 0.3 is 0 Å². The van der Waals surface area contributed by atoms with Crippen LogP contribution < -0.4 is 20.3 Å². The summed E-state index contributed by atoms with van der Waals surface area (Å²) >= 11 is 0. The van der Waals surface area contributed by atoms with E-state index in [1.165, 1.54) is 6.92 Å². The minimum Gasteiger partial charge on any atom is -0.492 e. The summed E-state index contributed by atoms with van der Waals surface area (Å²) in [5.41, 5.74) is 0.908. The van der Waals surface area contributed by atoms with Crippen LogP contribution in [0.1, 0.15) is 6.92 Å². The number of carbonyl (C=O) groups is 1. The van der Waals surface area contributed by atoms with Gasteiger partial charge in [0.25, 0.3) is 0 Å². The van der Waals surface area contributed by atoms with Crippen LogP contribution >= 0.6 is 0 Å². The standard InChI is InChI=1S/C18H23N5O3/c1-14(24)19-6-9-26-16-4-2-15(3-5-16)22-17-12-18(21-13-20-17)23-7-10-25-11-8-23/h2-5,12-13H,6-11H2,1H3,(H,19,24)(H,20,21,22). The summed E-state index contributed by atoms with van der Waals surface area (Å²) in [6.45, 7) is 5.51. The molecule has 0 unspecified atom stereocenters. The highest BCUT2D eigenvalue weighted by atomic mass is 16.5. The molecule has 1 aliphatic heterocycles.